The van der Waals surface area contributed by atoms with Gasteiger partial charge in [-0.05, 0) is 43.7 Å². The van der Waals surface area contributed by atoms with Gasteiger partial charge in [0.25, 0.3) is 0 Å². The minimum Gasteiger partial charge on any atom is -0.496 e. The van der Waals surface area contributed by atoms with Gasteiger partial charge in [0.1, 0.15) is 17.6 Å². The van der Waals surface area contributed by atoms with E-state index in [1.165, 1.54) is 30.4 Å². The summed E-state index contributed by atoms with van der Waals surface area (Å²) in [6, 6.07) is 4.93. The number of fused-ring (bicyclic) bond motifs is 1. The van der Waals surface area contributed by atoms with Gasteiger partial charge in [-0.1, -0.05) is 13.8 Å². The highest BCUT2D eigenvalue weighted by Crippen LogP contribution is 2.38. The lowest BCUT2D eigenvalue weighted by molar-refractivity contribution is 0.254. The van der Waals surface area contributed by atoms with Gasteiger partial charge in [0.05, 0.1) is 7.11 Å². The standard InChI is InChI=1S/C18H27NO2/c1-12-7-13-8-16(20-4)14(9-17(13)21-12)11-19-15-5-6-18(2,3)10-15/h8-9,12,15,19H,5-7,10-11H2,1-4H3. The predicted octanol–water partition coefficient (Wildman–Crippen LogP) is 3.69. The first-order chi connectivity index (χ1) is 9.97. The monoisotopic (exact) mass is 289 g/mol. The molecule has 0 saturated heterocycles. The molecule has 2 unspecified atom stereocenters. The maximum atomic E-state index is 5.87. The normalized spacial score (nSPS) is 26.5. The quantitative estimate of drug-likeness (QED) is 0.917. The van der Waals surface area contributed by atoms with Gasteiger partial charge in [-0.15, -0.1) is 0 Å². The van der Waals surface area contributed by atoms with Gasteiger partial charge in [-0.2, -0.15) is 0 Å². The Balaban J connectivity index is 1.69. The molecular formula is C18H27NO2. The molecule has 1 aliphatic heterocycles. The number of rotatable bonds is 4. The lowest BCUT2D eigenvalue weighted by Crippen LogP contribution is -2.27. The summed E-state index contributed by atoms with van der Waals surface area (Å²) in [5.74, 6) is 2.02. The summed E-state index contributed by atoms with van der Waals surface area (Å²) in [5.41, 5.74) is 2.96. The largest absolute Gasteiger partial charge is 0.496 e. The lowest BCUT2D eigenvalue weighted by Gasteiger charge is -2.19. The maximum Gasteiger partial charge on any atom is 0.123 e. The molecule has 0 aromatic heterocycles. The van der Waals surface area contributed by atoms with Crippen molar-refractivity contribution in [1.29, 1.82) is 0 Å². The van der Waals surface area contributed by atoms with Gasteiger partial charge in [-0.25, -0.2) is 0 Å². The Morgan fingerprint density at radius 1 is 1.38 bits per heavy atom. The Hall–Kier alpha value is -1.22. The Morgan fingerprint density at radius 3 is 2.86 bits per heavy atom. The fourth-order valence-corrected chi connectivity index (χ4v) is 3.67. The molecule has 2 atom stereocenters. The van der Waals surface area contributed by atoms with Crippen LogP contribution in [0.3, 0.4) is 0 Å². The highest BCUT2D eigenvalue weighted by atomic mass is 16.5. The van der Waals surface area contributed by atoms with Crippen molar-refractivity contribution in [1.82, 2.24) is 5.32 Å². The van der Waals surface area contributed by atoms with Crippen molar-refractivity contribution < 1.29 is 9.47 Å². The van der Waals surface area contributed by atoms with E-state index < -0.39 is 0 Å². The first-order valence-electron chi connectivity index (χ1n) is 8.07. The average Bonchev–Trinajstić information content (AvgIpc) is 2.95. The fraction of sp³-hybridized carbons (Fsp3) is 0.667. The van der Waals surface area contributed by atoms with Crippen LogP contribution < -0.4 is 14.8 Å². The van der Waals surface area contributed by atoms with Gasteiger partial charge < -0.3 is 14.8 Å². The SMILES string of the molecule is COc1cc2c(cc1CNC1CCC(C)(C)C1)OC(C)C2. The summed E-state index contributed by atoms with van der Waals surface area (Å²) in [6.07, 6.45) is 5.10. The molecule has 1 aromatic carbocycles. The second kappa shape index (κ2) is 5.53. The number of hydrogen-bond donors (Lipinski definition) is 1. The molecule has 2 aliphatic rings. The van der Waals surface area contributed by atoms with Gasteiger partial charge in [0.15, 0.2) is 0 Å². The second-order valence-corrected chi connectivity index (χ2v) is 7.39. The highest BCUT2D eigenvalue weighted by Gasteiger charge is 2.30. The Bertz CT molecular complexity index is 524. The minimum absolute atomic E-state index is 0.281. The van der Waals surface area contributed by atoms with Crippen molar-refractivity contribution in [2.45, 2.75) is 65.1 Å². The molecule has 1 fully saturated rings. The van der Waals surface area contributed by atoms with Crippen LogP contribution in [-0.2, 0) is 13.0 Å². The summed E-state index contributed by atoms with van der Waals surface area (Å²) in [6.45, 7) is 7.69. The van der Waals surface area contributed by atoms with Crippen molar-refractivity contribution in [3.63, 3.8) is 0 Å². The van der Waals surface area contributed by atoms with E-state index in [-0.39, 0.29) is 6.10 Å². The van der Waals surface area contributed by atoms with Crippen LogP contribution in [0.1, 0.15) is 51.2 Å². The fourth-order valence-electron chi connectivity index (χ4n) is 3.67. The molecule has 0 radical (unpaired) electrons. The number of methoxy groups -OCH3 is 1. The van der Waals surface area contributed by atoms with Gasteiger partial charge in [-0.3, -0.25) is 0 Å². The number of nitrogens with one attached hydrogen (secondary N) is 1. The Morgan fingerprint density at radius 2 is 2.19 bits per heavy atom. The third-order valence-electron chi connectivity index (χ3n) is 4.85. The molecule has 3 rings (SSSR count). The zero-order valence-corrected chi connectivity index (χ0v) is 13.7. The summed E-state index contributed by atoms with van der Waals surface area (Å²) >= 11 is 0. The first kappa shape index (κ1) is 14.7. The van der Waals surface area contributed by atoms with Crippen LogP contribution in [0, 0.1) is 5.41 Å². The van der Waals surface area contributed by atoms with E-state index in [9.17, 15) is 0 Å². The van der Waals surface area contributed by atoms with Crippen LogP contribution in [0.25, 0.3) is 0 Å². The molecule has 1 heterocycles. The first-order valence-corrected chi connectivity index (χ1v) is 8.07. The topological polar surface area (TPSA) is 30.5 Å². The Kier molecular flexibility index (Phi) is 3.87. The Labute approximate surface area is 128 Å². The number of hydrogen-bond acceptors (Lipinski definition) is 3. The van der Waals surface area contributed by atoms with Gasteiger partial charge in [0.2, 0.25) is 0 Å². The molecule has 21 heavy (non-hydrogen) atoms. The van der Waals surface area contributed by atoms with Gasteiger partial charge in [0, 0.05) is 30.1 Å². The third kappa shape index (κ3) is 3.18. The summed E-state index contributed by atoms with van der Waals surface area (Å²) in [7, 11) is 1.75. The van der Waals surface area contributed by atoms with Crippen molar-refractivity contribution in [2.75, 3.05) is 7.11 Å². The zero-order chi connectivity index (χ0) is 15.0. The molecule has 0 bridgehead atoms. The van der Waals surface area contributed by atoms with Crippen LogP contribution >= 0.6 is 0 Å². The molecule has 0 amide bonds. The average molecular weight is 289 g/mol. The van der Waals surface area contributed by atoms with E-state index >= 15 is 0 Å². The van der Waals surface area contributed by atoms with E-state index in [4.69, 9.17) is 9.47 Å². The van der Waals surface area contributed by atoms with E-state index in [1.807, 2.05) is 0 Å². The number of ether oxygens (including phenoxy) is 2. The summed E-state index contributed by atoms with van der Waals surface area (Å²) in [5, 5.41) is 3.70. The molecule has 1 aliphatic carbocycles. The molecule has 3 heteroatoms. The van der Waals surface area contributed by atoms with Crippen LogP contribution in [0.4, 0.5) is 0 Å². The minimum atomic E-state index is 0.281. The molecule has 3 nitrogen and oxygen atoms in total. The highest BCUT2D eigenvalue weighted by molar-refractivity contribution is 5.48. The van der Waals surface area contributed by atoms with Crippen LogP contribution in [0.2, 0.25) is 0 Å². The van der Waals surface area contributed by atoms with Crippen molar-refractivity contribution in [2.24, 2.45) is 5.41 Å². The molecule has 0 spiro atoms. The molecule has 1 aromatic rings. The predicted molar refractivity (Wildman–Crippen MR) is 85.0 cm³/mol. The van der Waals surface area contributed by atoms with Crippen LogP contribution in [-0.4, -0.2) is 19.3 Å². The molecular weight excluding hydrogens is 262 g/mol. The smallest absolute Gasteiger partial charge is 0.123 e. The van der Waals surface area contributed by atoms with Crippen LogP contribution in [0.5, 0.6) is 11.5 Å². The van der Waals surface area contributed by atoms with E-state index in [1.54, 1.807) is 7.11 Å². The molecule has 1 saturated carbocycles. The van der Waals surface area contributed by atoms with E-state index in [0.717, 1.165) is 24.5 Å². The maximum absolute atomic E-state index is 5.87. The van der Waals surface area contributed by atoms with Crippen molar-refractivity contribution in [3.8, 4) is 11.5 Å². The number of benzene rings is 1. The zero-order valence-electron chi connectivity index (χ0n) is 13.7. The summed E-state index contributed by atoms with van der Waals surface area (Å²) in [4.78, 5) is 0. The second-order valence-electron chi connectivity index (χ2n) is 7.39. The van der Waals surface area contributed by atoms with Crippen LogP contribution in [0.15, 0.2) is 12.1 Å². The van der Waals surface area contributed by atoms with E-state index in [2.05, 4.69) is 38.2 Å². The van der Waals surface area contributed by atoms with Gasteiger partial charge >= 0.3 is 0 Å². The molecule has 116 valence electrons. The lowest BCUT2D eigenvalue weighted by atomic mass is 9.92. The summed E-state index contributed by atoms with van der Waals surface area (Å²) < 4.78 is 11.4. The van der Waals surface area contributed by atoms with Crippen molar-refractivity contribution >= 4 is 0 Å². The van der Waals surface area contributed by atoms with E-state index in [0.29, 0.717) is 11.5 Å². The molecule has 1 N–H and O–H groups in total. The van der Waals surface area contributed by atoms with Crippen molar-refractivity contribution in [3.05, 3.63) is 23.3 Å². The third-order valence-corrected chi connectivity index (χ3v) is 4.85.